The van der Waals surface area contributed by atoms with E-state index in [0.717, 1.165) is 18.4 Å². The molecular formula is C20H25NO6S. The first-order valence-corrected chi connectivity index (χ1v) is 10.3. The van der Waals surface area contributed by atoms with Crippen molar-refractivity contribution >= 4 is 16.0 Å². The molecule has 7 nitrogen and oxygen atoms in total. The van der Waals surface area contributed by atoms with Gasteiger partial charge in [-0.1, -0.05) is 31.5 Å². The molecule has 1 unspecified atom stereocenters. The van der Waals surface area contributed by atoms with E-state index in [4.69, 9.17) is 9.47 Å². The first-order chi connectivity index (χ1) is 13.3. The van der Waals surface area contributed by atoms with Crippen molar-refractivity contribution in [2.75, 3.05) is 14.2 Å². The fourth-order valence-corrected chi connectivity index (χ4v) is 4.08. The number of nitrogens with one attached hydrogen (secondary N) is 1. The third kappa shape index (κ3) is 5.46. The predicted octanol–water partition coefficient (Wildman–Crippen LogP) is 3.15. The van der Waals surface area contributed by atoms with Crippen LogP contribution in [0, 0.1) is 0 Å². The summed E-state index contributed by atoms with van der Waals surface area (Å²) in [5.74, 6) is -0.269. The Labute approximate surface area is 165 Å². The minimum absolute atomic E-state index is 0.0863. The molecule has 2 aromatic rings. The van der Waals surface area contributed by atoms with Crippen molar-refractivity contribution in [3.63, 3.8) is 0 Å². The van der Waals surface area contributed by atoms with Crippen molar-refractivity contribution in [1.29, 1.82) is 0 Å². The van der Waals surface area contributed by atoms with Crippen LogP contribution in [0.15, 0.2) is 47.4 Å². The van der Waals surface area contributed by atoms with Gasteiger partial charge in [0.1, 0.15) is 0 Å². The molecule has 2 aromatic carbocycles. The maximum Gasteiger partial charge on any atom is 0.305 e. The first kappa shape index (κ1) is 21.7. The smallest absolute Gasteiger partial charge is 0.305 e. The molecule has 0 aliphatic carbocycles. The van der Waals surface area contributed by atoms with Crippen molar-refractivity contribution in [3.8, 4) is 11.5 Å². The molecule has 0 spiro atoms. The number of hydrogen-bond donors (Lipinski definition) is 2. The number of carboxylic acid groups (broad SMARTS) is 1. The highest BCUT2D eigenvalue weighted by Gasteiger charge is 2.24. The maximum absolute atomic E-state index is 12.8. The molecule has 1 atom stereocenters. The van der Waals surface area contributed by atoms with E-state index in [1.807, 2.05) is 6.92 Å². The lowest BCUT2D eigenvalue weighted by Crippen LogP contribution is -2.30. The normalized spacial score (nSPS) is 12.4. The summed E-state index contributed by atoms with van der Waals surface area (Å²) >= 11 is 0. The van der Waals surface area contributed by atoms with Crippen LogP contribution in [0.1, 0.15) is 36.9 Å². The molecule has 0 aliphatic heterocycles. The van der Waals surface area contributed by atoms with Crippen LogP contribution in [0.3, 0.4) is 0 Å². The summed E-state index contributed by atoms with van der Waals surface area (Å²) in [5.41, 5.74) is 1.51. The summed E-state index contributed by atoms with van der Waals surface area (Å²) < 4.78 is 38.5. The van der Waals surface area contributed by atoms with Gasteiger partial charge >= 0.3 is 5.97 Å². The van der Waals surface area contributed by atoms with Crippen LogP contribution in [0.4, 0.5) is 0 Å². The van der Waals surface area contributed by atoms with Crippen molar-refractivity contribution in [3.05, 3.63) is 53.6 Å². The summed E-state index contributed by atoms with van der Waals surface area (Å²) in [5, 5.41) is 9.24. The van der Waals surface area contributed by atoms with Crippen LogP contribution in [0.2, 0.25) is 0 Å². The van der Waals surface area contributed by atoms with Gasteiger partial charge in [0.2, 0.25) is 10.0 Å². The molecule has 0 fully saturated rings. The minimum atomic E-state index is -3.91. The van der Waals surface area contributed by atoms with E-state index in [2.05, 4.69) is 4.72 Å². The lowest BCUT2D eigenvalue weighted by molar-refractivity contribution is -0.137. The number of benzene rings is 2. The molecule has 0 saturated carbocycles. The highest BCUT2D eigenvalue weighted by Crippen LogP contribution is 2.31. The molecule has 0 aliphatic rings. The lowest BCUT2D eigenvalue weighted by atomic mass is 10.0. The molecular weight excluding hydrogens is 382 g/mol. The highest BCUT2D eigenvalue weighted by atomic mass is 32.2. The zero-order valence-electron chi connectivity index (χ0n) is 16.1. The summed E-state index contributed by atoms with van der Waals surface area (Å²) in [4.78, 5) is 11.4. The average molecular weight is 407 g/mol. The number of rotatable bonds is 10. The molecule has 8 heteroatoms. The maximum atomic E-state index is 12.8. The number of ether oxygens (including phenoxy) is 2. The van der Waals surface area contributed by atoms with Crippen molar-refractivity contribution in [1.82, 2.24) is 4.72 Å². The monoisotopic (exact) mass is 407 g/mol. The van der Waals surface area contributed by atoms with Gasteiger partial charge in [0.25, 0.3) is 0 Å². The lowest BCUT2D eigenvalue weighted by Gasteiger charge is -2.19. The largest absolute Gasteiger partial charge is 0.493 e. The van der Waals surface area contributed by atoms with Crippen molar-refractivity contribution in [2.24, 2.45) is 0 Å². The van der Waals surface area contributed by atoms with Gasteiger partial charge in [0.15, 0.2) is 11.5 Å². The number of hydrogen-bond acceptors (Lipinski definition) is 5. The second kappa shape index (κ2) is 9.57. The van der Waals surface area contributed by atoms with Gasteiger partial charge in [0, 0.05) is 0 Å². The van der Waals surface area contributed by atoms with Crippen LogP contribution in [0.5, 0.6) is 11.5 Å². The van der Waals surface area contributed by atoms with E-state index in [-0.39, 0.29) is 4.90 Å². The summed E-state index contributed by atoms with van der Waals surface area (Å²) in [6.45, 7) is 2.05. The highest BCUT2D eigenvalue weighted by molar-refractivity contribution is 7.89. The van der Waals surface area contributed by atoms with Gasteiger partial charge in [-0.15, -0.1) is 0 Å². The molecule has 2 rings (SSSR count). The molecule has 28 heavy (non-hydrogen) atoms. The third-order valence-corrected chi connectivity index (χ3v) is 5.75. The quantitative estimate of drug-likeness (QED) is 0.627. The molecule has 152 valence electrons. The van der Waals surface area contributed by atoms with Crippen LogP contribution in [-0.4, -0.2) is 33.7 Å². The number of sulfonamides is 1. The average Bonchev–Trinajstić information content (AvgIpc) is 2.67. The molecule has 0 bridgehead atoms. The zero-order chi connectivity index (χ0) is 20.7. The number of aliphatic carboxylic acids is 1. The van der Waals surface area contributed by atoms with Gasteiger partial charge in [-0.2, -0.15) is 0 Å². The fourth-order valence-electron chi connectivity index (χ4n) is 2.85. The number of carbonyl (C=O) groups is 1. The van der Waals surface area contributed by atoms with Crippen molar-refractivity contribution < 1.29 is 27.8 Å². The molecule has 0 amide bonds. The number of carboxylic acids is 1. The van der Waals surface area contributed by atoms with Gasteiger partial charge < -0.3 is 14.6 Å². The number of methoxy groups -OCH3 is 2. The molecule has 2 N–H and O–H groups in total. The van der Waals surface area contributed by atoms with E-state index in [1.54, 1.807) is 30.3 Å². The van der Waals surface area contributed by atoms with Gasteiger partial charge in [-0.05, 0) is 41.8 Å². The van der Waals surface area contributed by atoms with Crippen LogP contribution >= 0.6 is 0 Å². The number of aryl methyl sites for hydroxylation is 1. The van der Waals surface area contributed by atoms with E-state index in [1.165, 1.54) is 26.4 Å². The Bertz CT molecular complexity index is 909. The first-order valence-electron chi connectivity index (χ1n) is 8.85. The third-order valence-electron chi connectivity index (χ3n) is 4.26. The van der Waals surface area contributed by atoms with Crippen LogP contribution in [0.25, 0.3) is 0 Å². The second-order valence-corrected chi connectivity index (χ2v) is 7.99. The van der Waals surface area contributed by atoms with Gasteiger partial charge in [-0.25, -0.2) is 13.1 Å². The summed E-state index contributed by atoms with van der Waals surface area (Å²) in [6, 6.07) is 10.4. The zero-order valence-corrected chi connectivity index (χ0v) is 17.0. The Morgan fingerprint density at radius 2 is 1.71 bits per heavy atom. The molecule has 0 heterocycles. The Hall–Kier alpha value is -2.58. The van der Waals surface area contributed by atoms with E-state index < -0.39 is 28.5 Å². The van der Waals surface area contributed by atoms with Crippen LogP contribution < -0.4 is 14.2 Å². The van der Waals surface area contributed by atoms with E-state index in [0.29, 0.717) is 17.1 Å². The minimum Gasteiger partial charge on any atom is -0.493 e. The summed E-state index contributed by atoms with van der Waals surface area (Å²) in [7, 11) is -0.968. The summed E-state index contributed by atoms with van der Waals surface area (Å²) in [6.07, 6.45) is 1.41. The topological polar surface area (TPSA) is 102 Å². The Morgan fingerprint density at radius 3 is 2.25 bits per heavy atom. The van der Waals surface area contributed by atoms with Gasteiger partial charge in [-0.3, -0.25) is 4.79 Å². The van der Waals surface area contributed by atoms with Crippen LogP contribution in [-0.2, 0) is 21.2 Å². The van der Waals surface area contributed by atoms with Crippen molar-refractivity contribution in [2.45, 2.75) is 37.1 Å². The van der Waals surface area contributed by atoms with Gasteiger partial charge in [0.05, 0.1) is 31.6 Å². The predicted molar refractivity (Wildman–Crippen MR) is 105 cm³/mol. The molecule has 0 aromatic heterocycles. The van der Waals surface area contributed by atoms with E-state index >= 15 is 0 Å². The molecule has 0 saturated heterocycles. The molecule has 0 radical (unpaired) electrons. The SMILES string of the molecule is CCCc1ccc(S(=O)(=O)NC(CC(=O)O)c2ccc(OC)c(OC)c2)cc1. The Morgan fingerprint density at radius 1 is 1.07 bits per heavy atom. The standard InChI is InChI=1S/C20H25NO6S/c1-4-5-14-6-9-16(10-7-14)28(24,25)21-17(13-20(22)23)15-8-11-18(26-2)19(12-15)27-3/h6-12,17,21H,4-5,13H2,1-3H3,(H,22,23). The Balaban J connectivity index is 2.34. The fraction of sp³-hybridized carbons (Fsp3) is 0.350. The second-order valence-electron chi connectivity index (χ2n) is 6.28. The van der Waals surface area contributed by atoms with E-state index in [9.17, 15) is 18.3 Å². The Kier molecular flexibility index (Phi) is 7.42.